The minimum atomic E-state index is 0.868. The zero-order chi connectivity index (χ0) is 5.70. The van der Waals surface area contributed by atoms with Gasteiger partial charge in [0.25, 0.3) is 0 Å². The average molecular weight is 207 g/mol. The fourth-order valence-corrected chi connectivity index (χ4v) is 0.337. The van der Waals surface area contributed by atoms with Gasteiger partial charge in [-0.05, 0) is 28.7 Å². The Morgan fingerprint density at radius 2 is 2.14 bits per heavy atom. The second kappa shape index (κ2) is 4.05. The van der Waals surface area contributed by atoms with Gasteiger partial charge in [-0.1, -0.05) is 13.2 Å². The Balaban J connectivity index is 3.72. The number of rotatable bonds is 2. The molecule has 0 unspecified atom stereocenters. The van der Waals surface area contributed by atoms with Crippen LogP contribution in [0.1, 0.15) is 0 Å². The lowest BCUT2D eigenvalue weighted by Crippen LogP contribution is -1.70. The standard InChI is InChI=1S/C5H6IN/c1-3-5(6)7-4-2/h3-4H,1-2H2. The summed E-state index contributed by atoms with van der Waals surface area (Å²) in [5.41, 5.74) is 0. The number of aliphatic imine (C=N–C) groups is 1. The van der Waals surface area contributed by atoms with E-state index in [0.717, 1.165) is 3.72 Å². The van der Waals surface area contributed by atoms with Gasteiger partial charge in [-0.2, -0.15) is 0 Å². The van der Waals surface area contributed by atoms with Gasteiger partial charge in [0, 0.05) is 6.20 Å². The Bertz CT molecular complexity index is 105. The van der Waals surface area contributed by atoms with E-state index in [1.165, 1.54) is 6.20 Å². The summed E-state index contributed by atoms with van der Waals surface area (Å²) in [5.74, 6) is 0. The minimum absolute atomic E-state index is 0.868. The Morgan fingerprint density at radius 3 is 2.29 bits per heavy atom. The Labute approximate surface area is 57.0 Å². The van der Waals surface area contributed by atoms with Crippen LogP contribution in [0.5, 0.6) is 0 Å². The fraction of sp³-hybridized carbons (Fsp3) is 0. The van der Waals surface area contributed by atoms with E-state index in [2.05, 4.69) is 40.7 Å². The summed E-state index contributed by atoms with van der Waals surface area (Å²) in [6, 6.07) is 0. The van der Waals surface area contributed by atoms with Crippen LogP contribution in [-0.4, -0.2) is 3.72 Å². The topological polar surface area (TPSA) is 12.4 Å². The van der Waals surface area contributed by atoms with Crippen molar-refractivity contribution in [3.05, 3.63) is 25.4 Å². The molecule has 0 spiro atoms. The first-order chi connectivity index (χ1) is 3.31. The van der Waals surface area contributed by atoms with Crippen molar-refractivity contribution in [2.45, 2.75) is 0 Å². The molecule has 2 heteroatoms. The van der Waals surface area contributed by atoms with Gasteiger partial charge in [-0.15, -0.1) is 0 Å². The summed E-state index contributed by atoms with van der Waals surface area (Å²) in [6.45, 7) is 6.90. The molecule has 0 bridgehead atoms. The lowest BCUT2D eigenvalue weighted by Gasteiger charge is -1.76. The number of hydrogen-bond donors (Lipinski definition) is 0. The lowest BCUT2D eigenvalue weighted by molar-refractivity contribution is 1.63. The van der Waals surface area contributed by atoms with Crippen LogP contribution in [0.2, 0.25) is 0 Å². The summed E-state index contributed by atoms with van der Waals surface area (Å²) >= 11 is 2.07. The van der Waals surface area contributed by atoms with Crippen molar-refractivity contribution < 1.29 is 0 Å². The van der Waals surface area contributed by atoms with E-state index in [0.29, 0.717) is 0 Å². The van der Waals surface area contributed by atoms with Crippen molar-refractivity contribution in [2.24, 2.45) is 4.99 Å². The number of nitrogens with zero attached hydrogens (tertiary/aromatic N) is 1. The molecule has 0 aromatic carbocycles. The zero-order valence-corrected chi connectivity index (χ0v) is 6.05. The van der Waals surface area contributed by atoms with Crippen molar-refractivity contribution >= 4 is 26.3 Å². The Hall–Kier alpha value is -0.120. The molecule has 0 aromatic heterocycles. The predicted molar refractivity (Wildman–Crippen MR) is 41.8 cm³/mol. The van der Waals surface area contributed by atoms with Gasteiger partial charge >= 0.3 is 0 Å². The van der Waals surface area contributed by atoms with E-state index in [-0.39, 0.29) is 0 Å². The van der Waals surface area contributed by atoms with Crippen LogP contribution in [0, 0.1) is 0 Å². The van der Waals surface area contributed by atoms with E-state index >= 15 is 0 Å². The molecule has 0 atom stereocenters. The third-order valence-corrected chi connectivity index (χ3v) is 1.10. The molecule has 0 N–H and O–H groups in total. The molecule has 1 nitrogen and oxygen atoms in total. The van der Waals surface area contributed by atoms with E-state index in [9.17, 15) is 0 Å². The normalized spacial score (nSPS) is 10.7. The largest absolute Gasteiger partial charge is 0.251 e. The monoisotopic (exact) mass is 207 g/mol. The van der Waals surface area contributed by atoms with Crippen molar-refractivity contribution in [1.82, 2.24) is 0 Å². The van der Waals surface area contributed by atoms with Gasteiger partial charge in [0.05, 0.1) is 0 Å². The molecule has 38 valence electrons. The van der Waals surface area contributed by atoms with Crippen LogP contribution in [0.15, 0.2) is 30.4 Å². The van der Waals surface area contributed by atoms with Gasteiger partial charge in [0.15, 0.2) is 0 Å². The molecule has 0 amide bonds. The highest BCUT2D eigenvalue weighted by Gasteiger charge is 1.73. The average Bonchev–Trinajstić information content (AvgIpc) is 1.68. The third-order valence-electron chi connectivity index (χ3n) is 0.383. The van der Waals surface area contributed by atoms with Crippen LogP contribution >= 0.6 is 22.6 Å². The summed E-state index contributed by atoms with van der Waals surface area (Å²) in [7, 11) is 0. The first-order valence-electron chi connectivity index (χ1n) is 1.78. The second-order valence-electron chi connectivity index (χ2n) is 0.839. The SMILES string of the molecule is C=CN=C(I)C=C. The first kappa shape index (κ1) is 6.88. The molecule has 0 fully saturated rings. The third kappa shape index (κ3) is 3.72. The summed E-state index contributed by atoms with van der Waals surface area (Å²) in [6.07, 6.45) is 3.16. The van der Waals surface area contributed by atoms with Gasteiger partial charge in [-0.25, -0.2) is 0 Å². The van der Waals surface area contributed by atoms with E-state index in [4.69, 9.17) is 0 Å². The molecule has 0 aliphatic rings. The maximum absolute atomic E-state index is 3.79. The quantitative estimate of drug-likeness (QED) is 0.485. The van der Waals surface area contributed by atoms with Crippen molar-refractivity contribution in [3.8, 4) is 0 Å². The van der Waals surface area contributed by atoms with Gasteiger partial charge in [-0.3, -0.25) is 4.99 Å². The minimum Gasteiger partial charge on any atom is -0.251 e. The highest BCUT2D eigenvalue weighted by atomic mass is 127. The maximum Gasteiger partial charge on any atom is 0.100 e. The molecule has 0 heterocycles. The highest BCUT2D eigenvalue weighted by molar-refractivity contribution is 14.1. The molecule has 0 aromatic rings. The zero-order valence-electron chi connectivity index (χ0n) is 3.89. The van der Waals surface area contributed by atoms with Crippen molar-refractivity contribution in [3.63, 3.8) is 0 Å². The Morgan fingerprint density at radius 1 is 1.57 bits per heavy atom. The van der Waals surface area contributed by atoms with Crippen LogP contribution < -0.4 is 0 Å². The first-order valence-corrected chi connectivity index (χ1v) is 2.85. The molecule has 0 saturated carbocycles. The Kier molecular flexibility index (Phi) is 3.98. The van der Waals surface area contributed by atoms with Crippen LogP contribution in [0.3, 0.4) is 0 Å². The van der Waals surface area contributed by atoms with Gasteiger partial charge < -0.3 is 0 Å². The van der Waals surface area contributed by atoms with E-state index in [1.54, 1.807) is 6.08 Å². The van der Waals surface area contributed by atoms with Crippen LogP contribution in [0.4, 0.5) is 0 Å². The molecule has 0 aliphatic heterocycles. The molecule has 0 rings (SSSR count). The van der Waals surface area contributed by atoms with Crippen molar-refractivity contribution in [1.29, 1.82) is 0 Å². The molecular weight excluding hydrogens is 201 g/mol. The number of halogens is 1. The summed E-state index contributed by atoms with van der Waals surface area (Å²) in [4.78, 5) is 3.79. The number of allylic oxidation sites excluding steroid dienone is 1. The van der Waals surface area contributed by atoms with Gasteiger partial charge in [0.1, 0.15) is 3.72 Å². The molecule has 0 saturated heterocycles. The van der Waals surface area contributed by atoms with Crippen LogP contribution in [-0.2, 0) is 0 Å². The maximum atomic E-state index is 3.79. The summed E-state index contributed by atoms with van der Waals surface area (Å²) in [5, 5.41) is 0. The number of hydrogen-bond acceptors (Lipinski definition) is 1. The predicted octanol–water partition coefficient (Wildman–Crippen LogP) is 2.15. The van der Waals surface area contributed by atoms with Crippen molar-refractivity contribution in [2.75, 3.05) is 0 Å². The molecule has 0 aliphatic carbocycles. The van der Waals surface area contributed by atoms with E-state index < -0.39 is 0 Å². The smallest absolute Gasteiger partial charge is 0.100 e. The molecule has 7 heavy (non-hydrogen) atoms. The van der Waals surface area contributed by atoms with Gasteiger partial charge in [0.2, 0.25) is 0 Å². The molecule has 0 radical (unpaired) electrons. The molecular formula is C5H6IN. The lowest BCUT2D eigenvalue weighted by atomic mass is 10.7. The highest BCUT2D eigenvalue weighted by Crippen LogP contribution is 1.90. The van der Waals surface area contributed by atoms with Crippen LogP contribution in [0.25, 0.3) is 0 Å². The fourth-order valence-electron chi connectivity index (χ4n) is 0.140. The summed E-state index contributed by atoms with van der Waals surface area (Å²) < 4.78 is 0.868. The van der Waals surface area contributed by atoms with E-state index in [1.807, 2.05) is 0 Å². The second-order valence-corrected chi connectivity index (χ2v) is 1.94.